The molecule has 0 amide bonds. The summed E-state index contributed by atoms with van der Waals surface area (Å²) in [5.41, 5.74) is -2.05. The number of nitrogens with zero attached hydrogens (tertiary/aromatic N) is 12. The first-order chi connectivity index (χ1) is 34.6. The molecule has 10 rings (SSSR count). The highest BCUT2D eigenvalue weighted by molar-refractivity contribution is 6.35. The van der Waals surface area contributed by atoms with Gasteiger partial charge in [-0.15, -0.1) is 0 Å². The molecule has 6 aromatic rings. The fourth-order valence-electron chi connectivity index (χ4n) is 11.7. The zero-order valence-corrected chi connectivity index (χ0v) is 43.6. The fraction of sp³-hybridized carbons (Fsp3) is 0.560. The first-order valence-electron chi connectivity index (χ1n) is 24.8. The molecular weight excluding hydrogens is 1040 g/mol. The SMILES string of the molecule is CC(C)N1CCC[C@H](C2CN(c3cnc4c(C(F)(F)F)nn([C@H](CC5C[C@H](C6CN(c7cnc8c(C(F)(F)F)nn([C@H](C)c9ccc(Cl)cc9Cl)c8n7)C6)CN(C[C@@H](C)O)C5)c5ccc(Cl)cc5Cl)c4n3)C2)C1. The van der Waals surface area contributed by atoms with Crippen LogP contribution in [0, 0.1) is 29.6 Å². The summed E-state index contributed by atoms with van der Waals surface area (Å²) in [5.74, 6) is 1.85. The number of aliphatic hydroxyl groups excluding tert-OH is 1. The Kier molecular flexibility index (Phi) is 14.6. The number of piperidine rings is 2. The second kappa shape index (κ2) is 20.4. The van der Waals surface area contributed by atoms with Crippen molar-refractivity contribution in [2.75, 3.05) is 68.7 Å². The first-order valence-corrected chi connectivity index (χ1v) is 26.3. The van der Waals surface area contributed by atoms with Crippen molar-refractivity contribution < 1.29 is 31.4 Å². The van der Waals surface area contributed by atoms with E-state index in [1.807, 2.05) is 4.90 Å². The third-order valence-electron chi connectivity index (χ3n) is 15.5. The molecule has 2 aromatic carbocycles. The highest BCUT2D eigenvalue weighted by atomic mass is 35.5. The molecule has 0 saturated carbocycles. The van der Waals surface area contributed by atoms with E-state index in [0.29, 0.717) is 96.3 Å². The molecule has 4 fully saturated rings. The third-order valence-corrected chi connectivity index (χ3v) is 16.6. The second-order valence-corrected chi connectivity index (χ2v) is 22.6. The molecule has 4 aliphatic heterocycles. The summed E-state index contributed by atoms with van der Waals surface area (Å²) in [6.45, 7) is 14.0. The van der Waals surface area contributed by atoms with Crippen molar-refractivity contribution in [3.05, 3.63) is 91.4 Å². The standard InChI is InChI=1S/C50H56Cl4F6N12O/c1-26(2)68-11-5-6-30(21-68)32-22-69(23-32)42-17-62-44-46(50(58,59)60)66-72(48(44)64-42)40(37-10-8-35(52)15-39(37)54)13-29-12-31(20-67(19-29)18-27(3)73)33-24-70(25-33)41-16-61-43-45(49(55,56)57)65-71(47(43)63-41)28(4)36-9-7-34(51)14-38(36)53/h7-10,14-17,26-33,40,73H,5-6,11-13,18-25H2,1-4H3/t27-,28-,29?,30+,31+,40-/m1/s1. The lowest BCUT2D eigenvalue weighted by Gasteiger charge is -2.49. The van der Waals surface area contributed by atoms with E-state index >= 15 is 0 Å². The van der Waals surface area contributed by atoms with Gasteiger partial charge in [0.15, 0.2) is 22.7 Å². The lowest BCUT2D eigenvalue weighted by Crippen LogP contribution is -2.55. The van der Waals surface area contributed by atoms with Crippen molar-refractivity contribution in [3.63, 3.8) is 0 Å². The molecule has 73 heavy (non-hydrogen) atoms. The lowest BCUT2D eigenvalue weighted by atomic mass is 9.75. The molecule has 6 atom stereocenters. The number of β-amino-alcohol motifs (C(OH)–C–C–N with tert-alkyl or cyclic N) is 1. The Bertz CT molecular complexity index is 2980. The Hall–Kier alpha value is -4.24. The smallest absolute Gasteiger partial charge is 0.392 e. The van der Waals surface area contributed by atoms with Gasteiger partial charge in [0.25, 0.3) is 0 Å². The van der Waals surface area contributed by atoms with Gasteiger partial charge in [-0.1, -0.05) is 58.5 Å². The van der Waals surface area contributed by atoms with Crippen LogP contribution < -0.4 is 9.80 Å². The minimum atomic E-state index is -4.84. The van der Waals surface area contributed by atoms with Crippen molar-refractivity contribution in [3.8, 4) is 0 Å². The van der Waals surface area contributed by atoms with Gasteiger partial charge >= 0.3 is 12.4 Å². The van der Waals surface area contributed by atoms with Gasteiger partial charge in [-0.2, -0.15) is 36.5 Å². The topological polar surface area (TPSA) is 120 Å². The molecular formula is C50H56Cl4F6N12O. The number of likely N-dealkylation sites (tertiary alicyclic amines) is 2. The molecule has 392 valence electrons. The largest absolute Gasteiger partial charge is 0.437 e. The van der Waals surface area contributed by atoms with Crippen LogP contribution in [-0.2, 0) is 12.4 Å². The van der Waals surface area contributed by atoms with E-state index in [4.69, 9.17) is 56.4 Å². The van der Waals surface area contributed by atoms with Crippen molar-refractivity contribution in [2.45, 2.75) is 90.0 Å². The molecule has 1 N–H and O–H groups in total. The highest BCUT2D eigenvalue weighted by Gasteiger charge is 2.45. The van der Waals surface area contributed by atoms with Crippen LogP contribution in [0.4, 0.5) is 38.0 Å². The van der Waals surface area contributed by atoms with Crippen LogP contribution in [0.15, 0.2) is 48.8 Å². The number of alkyl halides is 6. The number of benzene rings is 2. The average molecular weight is 1100 g/mol. The first kappa shape index (κ1) is 52.2. The van der Waals surface area contributed by atoms with E-state index < -0.39 is 41.9 Å². The third kappa shape index (κ3) is 10.7. The van der Waals surface area contributed by atoms with Crippen molar-refractivity contribution in [2.24, 2.45) is 29.6 Å². The quantitative estimate of drug-likeness (QED) is 0.111. The predicted octanol–water partition coefficient (Wildman–Crippen LogP) is 11.2. The number of fused-ring (bicyclic) bond motifs is 2. The summed E-state index contributed by atoms with van der Waals surface area (Å²) >= 11 is 26.0. The summed E-state index contributed by atoms with van der Waals surface area (Å²) in [6.07, 6.45) is -4.28. The number of halogens is 10. The number of hydrogen-bond acceptors (Lipinski definition) is 11. The fourth-order valence-corrected chi connectivity index (χ4v) is 12.8. The summed E-state index contributed by atoms with van der Waals surface area (Å²) in [7, 11) is 0. The summed E-state index contributed by atoms with van der Waals surface area (Å²) in [6, 6.07) is 8.59. The van der Waals surface area contributed by atoms with Gasteiger partial charge in [0.05, 0.1) is 30.6 Å². The van der Waals surface area contributed by atoms with Crippen LogP contribution in [0.3, 0.4) is 0 Å². The zero-order chi connectivity index (χ0) is 51.8. The van der Waals surface area contributed by atoms with Gasteiger partial charge in [0.2, 0.25) is 0 Å². The molecule has 23 heteroatoms. The van der Waals surface area contributed by atoms with E-state index in [2.05, 4.69) is 48.7 Å². The van der Waals surface area contributed by atoms with Crippen LogP contribution in [0.25, 0.3) is 22.3 Å². The number of anilines is 2. The van der Waals surface area contributed by atoms with Crippen molar-refractivity contribution in [1.29, 1.82) is 0 Å². The predicted molar refractivity (Wildman–Crippen MR) is 271 cm³/mol. The molecule has 0 aliphatic carbocycles. The van der Waals surface area contributed by atoms with E-state index in [9.17, 15) is 31.4 Å². The Labute approximate surface area is 438 Å². The van der Waals surface area contributed by atoms with E-state index in [0.717, 1.165) is 39.0 Å². The summed E-state index contributed by atoms with van der Waals surface area (Å²) < 4.78 is 90.5. The molecule has 0 bridgehead atoms. The van der Waals surface area contributed by atoms with Gasteiger partial charge in [0.1, 0.15) is 22.7 Å². The monoisotopic (exact) mass is 1090 g/mol. The molecule has 13 nitrogen and oxygen atoms in total. The number of rotatable bonds is 13. The van der Waals surface area contributed by atoms with E-state index in [1.165, 1.54) is 27.8 Å². The minimum absolute atomic E-state index is 0.00297. The maximum absolute atomic E-state index is 15.0. The molecule has 1 unspecified atom stereocenters. The molecule has 4 aromatic heterocycles. The summed E-state index contributed by atoms with van der Waals surface area (Å²) in [5, 5.41) is 20.2. The average Bonchev–Trinajstić information content (AvgIpc) is 3.87. The number of hydrogen-bond donors (Lipinski definition) is 1. The van der Waals surface area contributed by atoms with E-state index in [1.54, 1.807) is 44.2 Å². The maximum Gasteiger partial charge on any atom is 0.437 e. The van der Waals surface area contributed by atoms with Gasteiger partial charge in [-0.3, -0.25) is 0 Å². The highest BCUT2D eigenvalue weighted by Crippen LogP contribution is 2.44. The van der Waals surface area contributed by atoms with Crippen LogP contribution in [0.2, 0.25) is 20.1 Å². The Balaban J connectivity index is 0.930. The molecule has 4 saturated heterocycles. The Morgan fingerprint density at radius 3 is 1.73 bits per heavy atom. The maximum atomic E-state index is 15.0. The van der Waals surface area contributed by atoms with Crippen LogP contribution in [-0.4, -0.2) is 125 Å². The molecule has 4 aliphatic rings. The summed E-state index contributed by atoms with van der Waals surface area (Å²) in [4.78, 5) is 27.1. The normalized spacial score (nSPS) is 22.3. The molecule has 0 spiro atoms. The van der Waals surface area contributed by atoms with Gasteiger partial charge in [0, 0.05) is 78.5 Å². The van der Waals surface area contributed by atoms with Crippen LogP contribution >= 0.6 is 46.4 Å². The zero-order valence-electron chi connectivity index (χ0n) is 40.6. The Morgan fingerprint density at radius 1 is 0.658 bits per heavy atom. The number of aromatic nitrogens is 8. The van der Waals surface area contributed by atoms with Crippen molar-refractivity contribution >= 4 is 80.4 Å². The van der Waals surface area contributed by atoms with E-state index in [-0.39, 0.29) is 50.1 Å². The van der Waals surface area contributed by atoms with Crippen LogP contribution in [0.5, 0.6) is 0 Å². The van der Waals surface area contributed by atoms with Crippen molar-refractivity contribution in [1.82, 2.24) is 49.3 Å². The lowest BCUT2D eigenvalue weighted by molar-refractivity contribution is -0.141. The minimum Gasteiger partial charge on any atom is -0.392 e. The van der Waals surface area contributed by atoms with Gasteiger partial charge < -0.3 is 24.7 Å². The van der Waals surface area contributed by atoms with Gasteiger partial charge in [-0.25, -0.2) is 29.3 Å². The second-order valence-electron chi connectivity index (χ2n) is 20.9. The van der Waals surface area contributed by atoms with Gasteiger partial charge in [-0.05, 0) is 125 Å². The molecule has 0 radical (unpaired) electrons. The molecule has 8 heterocycles. The Morgan fingerprint density at radius 2 is 1.19 bits per heavy atom. The van der Waals surface area contributed by atoms with Crippen LogP contribution in [0.1, 0.15) is 88.0 Å². The number of aliphatic hydroxyl groups is 1.